The first-order valence-electron chi connectivity index (χ1n) is 5.73. The Morgan fingerprint density at radius 2 is 2.07 bits per heavy atom. The number of hydrogen-bond donors (Lipinski definition) is 0. The van der Waals surface area contributed by atoms with Gasteiger partial charge in [0.1, 0.15) is 5.82 Å². The molecule has 0 aliphatic heterocycles. The van der Waals surface area contributed by atoms with E-state index in [1.807, 2.05) is 20.0 Å². The summed E-state index contributed by atoms with van der Waals surface area (Å²) in [6, 6.07) is 0. The number of hydrogen-bond acceptors (Lipinski definition) is 1. The molecule has 1 aliphatic rings. The van der Waals surface area contributed by atoms with Crippen molar-refractivity contribution in [3.8, 4) is 0 Å². The van der Waals surface area contributed by atoms with E-state index in [1.165, 1.54) is 25.8 Å². The summed E-state index contributed by atoms with van der Waals surface area (Å²) in [5, 5.41) is 0. The quantitative estimate of drug-likeness (QED) is 0.721. The molecule has 2 nitrogen and oxygen atoms in total. The summed E-state index contributed by atoms with van der Waals surface area (Å²) in [5.74, 6) is 1.15. The van der Waals surface area contributed by atoms with Crippen LogP contribution in [-0.4, -0.2) is 9.55 Å². The number of imidazole rings is 1. The van der Waals surface area contributed by atoms with Crippen molar-refractivity contribution >= 4 is 0 Å². The van der Waals surface area contributed by atoms with E-state index in [1.54, 1.807) is 0 Å². The summed E-state index contributed by atoms with van der Waals surface area (Å²) in [4.78, 5) is 4.23. The lowest BCUT2D eigenvalue weighted by Gasteiger charge is -2.13. The van der Waals surface area contributed by atoms with Crippen LogP contribution in [-0.2, 0) is 6.54 Å². The van der Waals surface area contributed by atoms with Crippen LogP contribution in [0.3, 0.4) is 0 Å². The van der Waals surface area contributed by atoms with Gasteiger partial charge in [-0.25, -0.2) is 4.98 Å². The van der Waals surface area contributed by atoms with Gasteiger partial charge in [0.2, 0.25) is 0 Å². The highest BCUT2D eigenvalue weighted by atomic mass is 15.1. The van der Waals surface area contributed by atoms with Gasteiger partial charge in [0.15, 0.2) is 0 Å². The van der Waals surface area contributed by atoms with Crippen LogP contribution in [0.4, 0.5) is 0 Å². The second-order valence-corrected chi connectivity index (χ2v) is 3.96. The van der Waals surface area contributed by atoms with E-state index in [0.29, 0.717) is 5.41 Å². The van der Waals surface area contributed by atoms with Gasteiger partial charge in [0.05, 0.1) is 0 Å². The maximum atomic E-state index is 4.23. The topological polar surface area (TPSA) is 17.8 Å². The van der Waals surface area contributed by atoms with Crippen molar-refractivity contribution in [3.05, 3.63) is 18.2 Å². The van der Waals surface area contributed by atoms with E-state index in [9.17, 15) is 0 Å². The van der Waals surface area contributed by atoms with Gasteiger partial charge in [-0.15, -0.1) is 0 Å². The summed E-state index contributed by atoms with van der Waals surface area (Å²) in [5.41, 5.74) is 0.630. The lowest BCUT2D eigenvalue weighted by atomic mass is 10.0. The Bertz CT molecular complexity index is 272. The van der Waals surface area contributed by atoms with Gasteiger partial charge in [0, 0.05) is 18.9 Å². The number of nitrogens with zero attached hydrogens (tertiary/aromatic N) is 2. The molecule has 1 aliphatic carbocycles. The highest BCUT2D eigenvalue weighted by Gasteiger charge is 2.40. The molecule has 0 atom stereocenters. The maximum Gasteiger partial charge on any atom is 0.105 e. The lowest BCUT2D eigenvalue weighted by molar-refractivity contribution is 0.404. The zero-order valence-corrected chi connectivity index (χ0v) is 9.88. The molecule has 0 amide bonds. The van der Waals surface area contributed by atoms with Gasteiger partial charge in [-0.05, 0) is 31.6 Å². The van der Waals surface area contributed by atoms with E-state index in [2.05, 4.69) is 29.6 Å². The average molecular weight is 194 g/mol. The maximum absolute atomic E-state index is 4.23. The Labute approximate surface area is 87.4 Å². The number of aryl methyl sites for hydroxylation is 1. The van der Waals surface area contributed by atoms with Crippen molar-refractivity contribution in [2.75, 3.05) is 0 Å². The molecule has 14 heavy (non-hydrogen) atoms. The third-order valence-corrected chi connectivity index (χ3v) is 3.14. The molecule has 0 bridgehead atoms. The fraction of sp³-hybridized carbons (Fsp3) is 0.750. The van der Waals surface area contributed by atoms with Crippen molar-refractivity contribution in [3.63, 3.8) is 0 Å². The lowest BCUT2D eigenvalue weighted by Crippen LogP contribution is -2.11. The van der Waals surface area contributed by atoms with Gasteiger partial charge in [0.25, 0.3) is 0 Å². The molecule has 2 rings (SSSR count). The minimum absolute atomic E-state index is 0.630. The Morgan fingerprint density at radius 3 is 2.43 bits per heavy atom. The van der Waals surface area contributed by atoms with Gasteiger partial charge in [-0.1, -0.05) is 20.8 Å². The molecular weight excluding hydrogens is 172 g/mol. The van der Waals surface area contributed by atoms with Gasteiger partial charge in [-0.3, -0.25) is 0 Å². The van der Waals surface area contributed by atoms with Crippen molar-refractivity contribution in [1.82, 2.24) is 9.55 Å². The van der Waals surface area contributed by atoms with Crippen molar-refractivity contribution in [2.24, 2.45) is 5.41 Å². The van der Waals surface area contributed by atoms with E-state index in [0.717, 1.165) is 5.82 Å². The molecule has 1 aromatic rings. The van der Waals surface area contributed by atoms with Crippen LogP contribution < -0.4 is 0 Å². The summed E-state index contributed by atoms with van der Waals surface area (Å²) in [7, 11) is 0. The van der Waals surface area contributed by atoms with Gasteiger partial charge < -0.3 is 4.57 Å². The minimum atomic E-state index is 0.630. The van der Waals surface area contributed by atoms with E-state index in [-0.39, 0.29) is 0 Å². The Hall–Kier alpha value is -0.790. The number of rotatable bonds is 3. The molecule has 0 N–H and O–H groups in total. The van der Waals surface area contributed by atoms with Crippen LogP contribution >= 0.6 is 0 Å². The molecule has 1 saturated carbocycles. The first kappa shape index (κ1) is 11.3. The first-order valence-corrected chi connectivity index (χ1v) is 5.73. The summed E-state index contributed by atoms with van der Waals surface area (Å²) in [6.45, 7) is 9.54. The zero-order chi connectivity index (χ0) is 10.6. The third kappa shape index (κ3) is 2.37. The minimum Gasteiger partial charge on any atom is -0.335 e. The zero-order valence-electron chi connectivity index (χ0n) is 9.88. The van der Waals surface area contributed by atoms with Crippen LogP contribution in [0.25, 0.3) is 0 Å². The second-order valence-electron chi connectivity index (χ2n) is 3.96. The third-order valence-electron chi connectivity index (χ3n) is 3.14. The predicted molar refractivity (Wildman–Crippen MR) is 60.3 cm³/mol. The monoisotopic (exact) mass is 194 g/mol. The molecule has 1 aromatic heterocycles. The molecule has 0 unspecified atom stereocenters. The predicted octanol–water partition coefficient (Wildman–Crippen LogP) is 3.41. The van der Waals surface area contributed by atoms with Crippen LogP contribution in [0.1, 0.15) is 45.9 Å². The molecule has 0 radical (unpaired) electrons. The first-order chi connectivity index (χ1) is 6.76. The van der Waals surface area contributed by atoms with Crippen LogP contribution in [0, 0.1) is 12.3 Å². The van der Waals surface area contributed by atoms with E-state index in [4.69, 9.17) is 0 Å². The highest BCUT2D eigenvalue weighted by Crippen LogP contribution is 2.49. The van der Waals surface area contributed by atoms with Crippen molar-refractivity contribution in [2.45, 2.75) is 53.5 Å². The largest absolute Gasteiger partial charge is 0.335 e. The standard InChI is InChI=1S/C10H16N2.C2H6/c1-3-10(4-5-10)8-12-7-6-11-9(12)2;1-2/h6-7H,3-5,8H2,1-2H3;1-2H3. The van der Waals surface area contributed by atoms with E-state index < -0.39 is 0 Å². The summed E-state index contributed by atoms with van der Waals surface area (Å²) >= 11 is 0. The molecule has 1 heterocycles. The van der Waals surface area contributed by atoms with Crippen LogP contribution in [0.15, 0.2) is 12.4 Å². The van der Waals surface area contributed by atoms with Gasteiger partial charge in [-0.2, -0.15) is 0 Å². The smallest absolute Gasteiger partial charge is 0.105 e. The SMILES string of the molecule is CC.CCC1(Cn2ccnc2C)CC1. The van der Waals surface area contributed by atoms with Crippen molar-refractivity contribution in [1.29, 1.82) is 0 Å². The molecule has 1 fully saturated rings. The highest BCUT2D eigenvalue weighted by molar-refractivity contribution is 4.97. The second kappa shape index (κ2) is 4.63. The summed E-state index contributed by atoms with van der Waals surface area (Å²) < 4.78 is 2.27. The average Bonchev–Trinajstić information content (AvgIpc) is 2.90. The molecule has 0 saturated heterocycles. The Balaban J connectivity index is 0.000000461. The fourth-order valence-corrected chi connectivity index (χ4v) is 1.73. The summed E-state index contributed by atoms with van der Waals surface area (Å²) in [6.07, 6.45) is 8.10. The van der Waals surface area contributed by atoms with Gasteiger partial charge >= 0.3 is 0 Å². The Morgan fingerprint density at radius 1 is 1.43 bits per heavy atom. The van der Waals surface area contributed by atoms with Crippen LogP contribution in [0.2, 0.25) is 0 Å². The molecular formula is C12H22N2. The molecule has 2 heteroatoms. The normalized spacial score (nSPS) is 17.1. The number of aromatic nitrogens is 2. The molecule has 0 spiro atoms. The Kier molecular flexibility index (Phi) is 3.73. The van der Waals surface area contributed by atoms with E-state index >= 15 is 0 Å². The van der Waals surface area contributed by atoms with Crippen LogP contribution in [0.5, 0.6) is 0 Å². The molecule has 0 aromatic carbocycles. The fourth-order valence-electron chi connectivity index (χ4n) is 1.73. The molecule has 80 valence electrons. The van der Waals surface area contributed by atoms with Crippen molar-refractivity contribution < 1.29 is 0 Å².